The van der Waals surface area contributed by atoms with Crippen molar-refractivity contribution in [1.82, 2.24) is 4.90 Å². The van der Waals surface area contributed by atoms with Crippen molar-refractivity contribution in [1.29, 1.82) is 0 Å². The first-order valence-corrected chi connectivity index (χ1v) is 17.8. The quantitative estimate of drug-likeness (QED) is 0.0310. The van der Waals surface area contributed by atoms with Crippen LogP contribution in [-0.4, -0.2) is 72.6 Å². The number of carbonyl (C=O) groups is 2. The van der Waals surface area contributed by atoms with Crippen LogP contribution in [0.1, 0.15) is 161 Å². The second-order valence-corrected chi connectivity index (χ2v) is 11.8. The summed E-state index contributed by atoms with van der Waals surface area (Å²) in [6, 6.07) is 0. The number of carbonyl (C=O) groups excluding carboxylic acids is 2. The van der Waals surface area contributed by atoms with Gasteiger partial charge in [0.1, 0.15) is 12.4 Å². The molecule has 0 aliphatic carbocycles. The molecule has 41 heavy (non-hydrogen) atoms. The molecule has 0 spiro atoms. The number of hydrogen-bond donors (Lipinski definition) is 3. The Bertz CT molecular complexity index is 523. The van der Waals surface area contributed by atoms with Gasteiger partial charge in [-0.1, -0.05) is 90.4 Å². The first kappa shape index (κ1) is 42.5. The second-order valence-electron chi connectivity index (χ2n) is 11.4. The molecule has 0 saturated carbocycles. The number of nitrogens with zero attached hydrogens (tertiary/aromatic N) is 1. The summed E-state index contributed by atoms with van der Waals surface area (Å²) < 4.78 is 5.95. The van der Waals surface area contributed by atoms with Crippen LogP contribution in [0.3, 0.4) is 0 Å². The fraction of sp³-hybridized carbons (Fsp3) is 0.941. The van der Waals surface area contributed by atoms with Gasteiger partial charge in [0.2, 0.25) is 0 Å². The molecule has 2 N–H and O–H groups in total. The van der Waals surface area contributed by atoms with Crippen molar-refractivity contribution < 1.29 is 24.5 Å². The minimum absolute atomic E-state index is 0.00362. The van der Waals surface area contributed by atoms with Crippen LogP contribution >= 0.6 is 12.6 Å². The molecule has 7 heteroatoms. The molecular weight excluding hydrogens is 534 g/mol. The average molecular weight is 604 g/mol. The van der Waals surface area contributed by atoms with Crippen molar-refractivity contribution in [2.75, 3.05) is 39.1 Å². The van der Waals surface area contributed by atoms with Crippen LogP contribution in [0.15, 0.2) is 0 Å². The number of thiol groups is 1. The van der Waals surface area contributed by atoms with Crippen molar-refractivity contribution in [3.05, 3.63) is 0 Å². The molecule has 0 aliphatic heterocycles. The van der Waals surface area contributed by atoms with E-state index < -0.39 is 0 Å². The number of ether oxygens (including phenoxy) is 1. The van der Waals surface area contributed by atoms with Crippen LogP contribution in [0.5, 0.6) is 0 Å². The van der Waals surface area contributed by atoms with Gasteiger partial charge < -0.3 is 24.6 Å². The number of aliphatic hydroxyl groups is 2. The van der Waals surface area contributed by atoms with Crippen LogP contribution in [0.25, 0.3) is 0 Å². The molecule has 0 heterocycles. The van der Waals surface area contributed by atoms with Crippen molar-refractivity contribution in [3.8, 4) is 0 Å². The highest BCUT2D eigenvalue weighted by Crippen LogP contribution is 2.18. The molecule has 0 aromatic heterocycles. The van der Waals surface area contributed by atoms with E-state index >= 15 is 0 Å². The highest BCUT2D eigenvalue weighted by atomic mass is 32.1. The maximum absolute atomic E-state index is 12.5. The number of hydrogen-bond acceptors (Lipinski definition) is 7. The Balaban J connectivity index is 0. The smallest absolute Gasteiger partial charge is 0.306 e. The Kier molecular flexibility index (Phi) is 38.8. The third-order valence-corrected chi connectivity index (χ3v) is 8.00. The van der Waals surface area contributed by atoms with Gasteiger partial charge in [-0.05, 0) is 76.6 Å². The van der Waals surface area contributed by atoms with Gasteiger partial charge in [0.05, 0.1) is 6.61 Å². The van der Waals surface area contributed by atoms with E-state index in [-0.39, 0.29) is 18.7 Å². The van der Waals surface area contributed by atoms with Crippen LogP contribution in [0.4, 0.5) is 0 Å². The number of unbranched alkanes of at least 4 members (excludes halogenated alkanes) is 17. The van der Waals surface area contributed by atoms with E-state index in [1.165, 1.54) is 83.5 Å². The van der Waals surface area contributed by atoms with Gasteiger partial charge in [0, 0.05) is 26.5 Å². The fourth-order valence-corrected chi connectivity index (χ4v) is 5.43. The first-order chi connectivity index (χ1) is 20.2. The summed E-state index contributed by atoms with van der Waals surface area (Å²) in [5.74, 6) is 0.982. The van der Waals surface area contributed by atoms with E-state index in [1.54, 1.807) is 0 Å². The van der Waals surface area contributed by atoms with Crippen LogP contribution in [0.2, 0.25) is 0 Å². The maximum atomic E-state index is 12.5. The molecular formula is C34H69NO5S. The highest BCUT2D eigenvalue weighted by Gasteiger charge is 2.14. The summed E-state index contributed by atoms with van der Waals surface area (Å²) >= 11 is 4.30. The van der Waals surface area contributed by atoms with Crippen LogP contribution in [-0.2, 0) is 14.3 Å². The van der Waals surface area contributed by atoms with Gasteiger partial charge in [-0.2, -0.15) is 12.6 Å². The van der Waals surface area contributed by atoms with Gasteiger partial charge in [-0.15, -0.1) is 0 Å². The van der Waals surface area contributed by atoms with Crippen molar-refractivity contribution >= 4 is 24.9 Å². The summed E-state index contributed by atoms with van der Waals surface area (Å²) in [4.78, 5) is 25.3. The summed E-state index contributed by atoms with van der Waals surface area (Å²) in [6.07, 6.45) is 28.0. The monoisotopic (exact) mass is 603 g/mol. The van der Waals surface area contributed by atoms with E-state index in [0.29, 0.717) is 12.8 Å². The SMILES string of the molecule is CCCCCCCC(CCCCCCCS)OC(=O)CCCCCCCN(CCO)CCCCCCCC=O.CO. The summed E-state index contributed by atoms with van der Waals surface area (Å²) in [5, 5.41) is 16.4. The summed E-state index contributed by atoms with van der Waals surface area (Å²) in [7, 11) is 1.00. The Hall–Kier alpha value is -0.630. The standard InChI is InChI=1S/C33H65NO4S.CH4O/c1-2-3-4-9-16-23-32(24-17-10-8-15-22-31-39)38-33(37)25-18-11-7-13-20-27-34(28-30-36)26-19-12-5-6-14-21-29-35;1-2/h29,32,36,39H,2-28,30-31H2,1H3;2H,1H3. The minimum Gasteiger partial charge on any atom is -0.462 e. The predicted molar refractivity (Wildman–Crippen MR) is 178 cm³/mol. The number of esters is 1. The Morgan fingerprint density at radius 2 is 1.20 bits per heavy atom. The molecule has 0 radical (unpaired) electrons. The Labute approximate surface area is 260 Å². The normalized spacial score (nSPS) is 11.8. The maximum Gasteiger partial charge on any atom is 0.306 e. The number of aliphatic hydroxyl groups excluding tert-OH is 2. The lowest BCUT2D eigenvalue weighted by molar-refractivity contribution is -0.150. The number of rotatable bonds is 32. The molecule has 0 rings (SSSR count). The molecule has 0 saturated heterocycles. The third kappa shape index (κ3) is 33.7. The fourth-order valence-electron chi connectivity index (χ4n) is 5.20. The topological polar surface area (TPSA) is 87.1 Å². The molecule has 0 amide bonds. The number of aldehydes is 1. The molecule has 0 aromatic rings. The van der Waals surface area contributed by atoms with Crippen molar-refractivity contribution in [2.24, 2.45) is 0 Å². The van der Waals surface area contributed by atoms with Gasteiger partial charge in [0.25, 0.3) is 0 Å². The zero-order chi connectivity index (χ0) is 30.7. The molecule has 0 fully saturated rings. The largest absolute Gasteiger partial charge is 0.462 e. The second kappa shape index (κ2) is 37.4. The third-order valence-electron chi connectivity index (χ3n) is 7.68. The van der Waals surface area contributed by atoms with Gasteiger partial charge >= 0.3 is 5.97 Å². The Morgan fingerprint density at radius 3 is 1.73 bits per heavy atom. The minimum atomic E-state index is 0.00362. The zero-order valence-corrected chi connectivity index (χ0v) is 28.1. The molecule has 0 aliphatic rings. The lowest BCUT2D eigenvalue weighted by Crippen LogP contribution is -2.29. The van der Waals surface area contributed by atoms with Crippen molar-refractivity contribution in [2.45, 2.75) is 167 Å². The molecule has 6 nitrogen and oxygen atoms in total. The van der Waals surface area contributed by atoms with Gasteiger partial charge in [-0.3, -0.25) is 4.79 Å². The van der Waals surface area contributed by atoms with E-state index in [0.717, 1.165) is 96.6 Å². The Morgan fingerprint density at radius 1 is 0.707 bits per heavy atom. The lowest BCUT2D eigenvalue weighted by atomic mass is 10.0. The summed E-state index contributed by atoms with van der Waals surface area (Å²) in [5.41, 5.74) is 0. The average Bonchev–Trinajstić information content (AvgIpc) is 2.98. The molecule has 246 valence electrons. The predicted octanol–water partition coefficient (Wildman–Crippen LogP) is 8.31. The van der Waals surface area contributed by atoms with E-state index in [4.69, 9.17) is 9.84 Å². The van der Waals surface area contributed by atoms with E-state index in [1.807, 2.05) is 0 Å². The first-order valence-electron chi connectivity index (χ1n) is 17.2. The molecule has 1 atom stereocenters. The summed E-state index contributed by atoms with van der Waals surface area (Å²) in [6.45, 7) is 5.32. The zero-order valence-electron chi connectivity index (χ0n) is 27.2. The van der Waals surface area contributed by atoms with Gasteiger partial charge in [0.15, 0.2) is 0 Å². The van der Waals surface area contributed by atoms with Crippen molar-refractivity contribution in [3.63, 3.8) is 0 Å². The molecule has 0 bridgehead atoms. The van der Waals surface area contributed by atoms with Gasteiger partial charge in [-0.25, -0.2) is 0 Å². The molecule has 0 aromatic carbocycles. The van der Waals surface area contributed by atoms with E-state index in [9.17, 15) is 14.7 Å². The molecule has 1 unspecified atom stereocenters. The van der Waals surface area contributed by atoms with Crippen LogP contribution in [0, 0.1) is 0 Å². The highest BCUT2D eigenvalue weighted by molar-refractivity contribution is 7.80. The lowest BCUT2D eigenvalue weighted by Gasteiger charge is -2.21. The van der Waals surface area contributed by atoms with Crippen LogP contribution < -0.4 is 0 Å². The van der Waals surface area contributed by atoms with E-state index in [2.05, 4.69) is 24.5 Å².